The molecular weight excluding hydrogens is 318 g/mol. The van der Waals surface area contributed by atoms with E-state index in [0.29, 0.717) is 23.7 Å². The maximum atomic E-state index is 12.2. The first-order valence-corrected chi connectivity index (χ1v) is 7.29. The van der Waals surface area contributed by atoms with Crippen LogP contribution in [0, 0.1) is 0 Å². The predicted octanol–water partition coefficient (Wildman–Crippen LogP) is 0.717. The van der Waals surface area contributed by atoms with Gasteiger partial charge < -0.3 is 24.3 Å². The van der Waals surface area contributed by atoms with Crippen molar-refractivity contribution in [3.05, 3.63) is 17.7 Å². The van der Waals surface area contributed by atoms with Crippen LogP contribution < -0.4 is 19.5 Å². The number of Topliss-reactive ketones (excluding diaryl/α,β-unsaturated/α-hetero) is 1. The van der Waals surface area contributed by atoms with E-state index in [1.54, 1.807) is 0 Å². The third kappa shape index (κ3) is 3.76. The van der Waals surface area contributed by atoms with Crippen molar-refractivity contribution < 1.29 is 33.3 Å². The molecule has 24 heavy (non-hydrogen) atoms. The van der Waals surface area contributed by atoms with E-state index < -0.39 is 24.4 Å². The van der Waals surface area contributed by atoms with Gasteiger partial charge >= 0.3 is 5.97 Å². The summed E-state index contributed by atoms with van der Waals surface area (Å²) in [4.78, 5) is 35.2. The summed E-state index contributed by atoms with van der Waals surface area (Å²) in [6, 6.07) is 2.27. The summed E-state index contributed by atoms with van der Waals surface area (Å²) in [6.07, 6.45) is 0.649. The SMILES string of the molecule is COc1cc(C(=O)COC(=O)C2CCC(=O)N2)cc(OC)c1OC. The summed E-state index contributed by atoms with van der Waals surface area (Å²) < 4.78 is 20.5. The molecule has 8 nitrogen and oxygen atoms in total. The topological polar surface area (TPSA) is 100 Å². The van der Waals surface area contributed by atoms with Gasteiger partial charge in [0.15, 0.2) is 18.1 Å². The maximum absolute atomic E-state index is 12.2. The highest BCUT2D eigenvalue weighted by atomic mass is 16.5. The molecule has 1 amide bonds. The minimum absolute atomic E-state index is 0.201. The zero-order valence-electron chi connectivity index (χ0n) is 13.7. The fourth-order valence-electron chi connectivity index (χ4n) is 2.35. The monoisotopic (exact) mass is 337 g/mol. The van der Waals surface area contributed by atoms with Crippen molar-refractivity contribution in [1.82, 2.24) is 5.32 Å². The first kappa shape index (κ1) is 17.6. The summed E-state index contributed by atoms with van der Waals surface area (Å²) in [5.74, 6) is -0.229. The fourth-order valence-corrected chi connectivity index (χ4v) is 2.35. The van der Waals surface area contributed by atoms with E-state index in [2.05, 4.69) is 5.32 Å². The van der Waals surface area contributed by atoms with Crippen LogP contribution >= 0.6 is 0 Å². The molecule has 8 heteroatoms. The van der Waals surface area contributed by atoms with Crippen LogP contribution in [0.4, 0.5) is 0 Å². The van der Waals surface area contributed by atoms with E-state index in [4.69, 9.17) is 18.9 Å². The number of esters is 1. The number of ketones is 1. The van der Waals surface area contributed by atoms with Gasteiger partial charge in [0.05, 0.1) is 21.3 Å². The highest BCUT2D eigenvalue weighted by molar-refractivity contribution is 5.99. The predicted molar refractivity (Wildman–Crippen MR) is 82.6 cm³/mol. The lowest BCUT2D eigenvalue weighted by atomic mass is 10.1. The zero-order valence-corrected chi connectivity index (χ0v) is 13.7. The maximum Gasteiger partial charge on any atom is 0.329 e. The molecule has 1 heterocycles. The van der Waals surface area contributed by atoms with Gasteiger partial charge in [-0.05, 0) is 18.6 Å². The first-order valence-electron chi connectivity index (χ1n) is 7.29. The molecule has 0 bridgehead atoms. The Balaban J connectivity index is 2.06. The number of carbonyl (C=O) groups is 3. The van der Waals surface area contributed by atoms with Crippen LogP contribution in [0.5, 0.6) is 17.2 Å². The number of ether oxygens (including phenoxy) is 4. The highest BCUT2D eigenvalue weighted by Gasteiger charge is 2.29. The summed E-state index contributed by atoms with van der Waals surface area (Å²) >= 11 is 0. The second kappa shape index (κ2) is 7.67. The third-order valence-corrected chi connectivity index (χ3v) is 3.61. The van der Waals surface area contributed by atoms with Crippen molar-refractivity contribution in [2.45, 2.75) is 18.9 Å². The van der Waals surface area contributed by atoms with Crippen LogP contribution in [0.2, 0.25) is 0 Å². The Labute approximate surface area is 139 Å². The van der Waals surface area contributed by atoms with Crippen molar-refractivity contribution in [1.29, 1.82) is 0 Å². The largest absolute Gasteiger partial charge is 0.493 e. The van der Waals surface area contributed by atoms with Gasteiger partial charge in [-0.1, -0.05) is 0 Å². The van der Waals surface area contributed by atoms with E-state index >= 15 is 0 Å². The molecule has 130 valence electrons. The minimum atomic E-state index is -0.690. The molecule has 0 aliphatic carbocycles. The molecule has 1 unspecified atom stereocenters. The number of methoxy groups -OCH3 is 3. The van der Waals surface area contributed by atoms with Gasteiger partial charge in [0, 0.05) is 12.0 Å². The Morgan fingerprint density at radius 3 is 2.21 bits per heavy atom. The summed E-state index contributed by atoms with van der Waals surface area (Å²) in [5.41, 5.74) is 0.257. The molecule has 1 saturated heterocycles. The molecule has 0 spiro atoms. The van der Waals surface area contributed by atoms with E-state index in [1.807, 2.05) is 0 Å². The van der Waals surface area contributed by atoms with Crippen LogP contribution in [0.25, 0.3) is 0 Å². The molecule has 1 aliphatic rings. The van der Waals surface area contributed by atoms with E-state index in [9.17, 15) is 14.4 Å². The number of amides is 1. The van der Waals surface area contributed by atoms with Crippen LogP contribution in [0.1, 0.15) is 23.2 Å². The van der Waals surface area contributed by atoms with Gasteiger partial charge in [-0.3, -0.25) is 9.59 Å². The van der Waals surface area contributed by atoms with Crippen molar-refractivity contribution >= 4 is 17.7 Å². The molecular formula is C16H19NO7. The van der Waals surface area contributed by atoms with Crippen molar-refractivity contribution in [3.8, 4) is 17.2 Å². The van der Waals surface area contributed by atoms with Crippen molar-refractivity contribution in [2.24, 2.45) is 0 Å². The Morgan fingerprint density at radius 2 is 1.75 bits per heavy atom. The molecule has 1 aromatic rings. The molecule has 0 radical (unpaired) electrons. The standard InChI is InChI=1S/C16H19NO7/c1-21-12-6-9(7-13(22-2)15(12)23-3)11(18)8-24-16(20)10-4-5-14(19)17-10/h6-7,10H,4-5,8H2,1-3H3,(H,17,19). The van der Waals surface area contributed by atoms with Crippen molar-refractivity contribution in [3.63, 3.8) is 0 Å². The normalized spacial score (nSPS) is 16.3. The van der Waals surface area contributed by atoms with Gasteiger partial charge in [0.25, 0.3) is 0 Å². The Kier molecular flexibility index (Phi) is 5.62. The highest BCUT2D eigenvalue weighted by Crippen LogP contribution is 2.38. The zero-order chi connectivity index (χ0) is 17.7. The number of carbonyl (C=O) groups excluding carboxylic acids is 3. The van der Waals surface area contributed by atoms with Gasteiger partial charge in [0.2, 0.25) is 17.4 Å². The van der Waals surface area contributed by atoms with Crippen LogP contribution in [-0.2, 0) is 14.3 Å². The molecule has 2 rings (SSSR count). The first-order chi connectivity index (χ1) is 11.5. The number of nitrogens with one attached hydrogen (secondary N) is 1. The lowest BCUT2D eigenvalue weighted by molar-refractivity contribution is -0.145. The lowest BCUT2D eigenvalue weighted by Crippen LogP contribution is -2.35. The Morgan fingerprint density at radius 1 is 1.12 bits per heavy atom. The van der Waals surface area contributed by atoms with Gasteiger partial charge in [-0.15, -0.1) is 0 Å². The average molecular weight is 337 g/mol. The molecule has 1 aliphatic heterocycles. The average Bonchev–Trinajstić information content (AvgIpc) is 3.04. The number of hydrogen-bond acceptors (Lipinski definition) is 7. The van der Waals surface area contributed by atoms with Crippen LogP contribution in [-0.4, -0.2) is 51.6 Å². The van der Waals surface area contributed by atoms with Crippen LogP contribution in [0.15, 0.2) is 12.1 Å². The number of rotatable bonds is 7. The van der Waals surface area contributed by atoms with Gasteiger partial charge in [-0.2, -0.15) is 0 Å². The quantitative estimate of drug-likeness (QED) is 0.578. The second-order valence-electron chi connectivity index (χ2n) is 5.10. The summed E-state index contributed by atoms with van der Waals surface area (Å²) in [7, 11) is 4.34. The molecule has 1 aromatic carbocycles. The van der Waals surface area contributed by atoms with E-state index in [-0.39, 0.29) is 17.9 Å². The molecule has 0 aromatic heterocycles. The third-order valence-electron chi connectivity index (χ3n) is 3.61. The van der Waals surface area contributed by atoms with Crippen molar-refractivity contribution in [2.75, 3.05) is 27.9 Å². The Hall–Kier alpha value is -2.77. The van der Waals surface area contributed by atoms with Gasteiger partial charge in [-0.25, -0.2) is 4.79 Å². The number of benzene rings is 1. The summed E-state index contributed by atoms with van der Waals surface area (Å²) in [6.45, 7) is -0.441. The molecule has 1 N–H and O–H groups in total. The van der Waals surface area contributed by atoms with E-state index in [1.165, 1.54) is 33.5 Å². The fraction of sp³-hybridized carbons (Fsp3) is 0.438. The molecule has 1 atom stereocenters. The van der Waals surface area contributed by atoms with E-state index in [0.717, 1.165) is 0 Å². The number of hydrogen-bond donors (Lipinski definition) is 1. The second-order valence-corrected chi connectivity index (χ2v) is 5.10. The lowest BCUT2D eigenvalue weighted by Gasteiger charge is -2.14. The Bertz CT molecular complexity index is 631. The minimum Gasteiger partial charge on any atom is -0.493 e. The van der Waals surface area contributed by atoms with Gasteiger partial charge in [0.1, 0.15) is 6.04 Å². The smallest absolute Gasteiger partial charge is 0.329 e. The molecule has 0 saturated carbocycles. The summed E-state index contributed by atoms with van der Waals surface area (Å²) in [5, 5.41) is 2.49. The van der Waals surface area contributed by atoms with Crippen LogP contribution in [0.3, 0.4) is 0 Å². The molecule has 1 fully saturated rings.